The van der Waals surface area contributed by atoms with Crippen LogP contribution in [0.4, 0.5) is 0 Å². The molecule has 1 unspecified atom stereocenters. The first-order chi connectivity index (χ1) is 7.27. The lowest BCUT2D eigenvalue weighted by atomic mass is 10.00. The number of nitrogens with one attached hydrogen (secondary N) is 1. The normalized spacial score (nSPS) is 22.7. The zero-order chi connectivity index (χ0) is 11.1. The highest BCUT2D eigenvalue weighted by Crippen LogP contribution is 2.18. The molecule has 2 N–H and O–H groups in total. The molecule has 1 saturated heterocycles. The van der Waals surface area contributed by atoms with E-state index in [1.54, 1.807) is 0 Å². The van der Waals surface area contributed by atoms with E-state index in [9.17, 15) is 4.79 Å². The monoisotopic (exact) mass is 214 g/mol. The molecule has 0 spiro atoms. The van der Waals surface area contributed by atoms with Crippen molar-refractivity contribution < 1.29 is 9.90 Å². The summed E-state index contributed by atoms with van der Waals surface area (Å²) in [6.07, 6.45) is 4.29. The second-order valence-corrected chi connectivity index (χ2v) is 4.09. The summed E-state index contributed by atoms with van der Waals surface area (Å²) < 4.78 is 0. The van der Waals surface area contributed by atoms with Gasteiger partial charge in [0.2, 0.25) is 5.91 Å². The molecule has 15 heavy (non-hydrogen) atoms. The van der Waals surface area contributed by atoms with Crippen LogP contribution < -0.4 is 5.32 Å². The third kappa shape index (κ3) is 4.18. The summed E-state index contributed by atoms with van der Waals surface area (Å²) in [5, 5.41) is 11.8. The number of amides is 1. The van der Waals surface area contributed by atoms with E-state index in [0.717, 1.165) is 19.4 Å². The number of aliphatic hydroxyl groups is 1. The van der Waals surface area contributed by atoms with Crippen LogP contribution in [0.15, 0.2) is 0 Å². The fourth-order valence-electron chi connectivity index (χ4n) is 2.18. The summed E-state index contributed by atoms with van der Waals surface area (Å²) in [5.41, 5.74) is 0. The molecule has 0 aromatic rings. The Morgan fingerprint density at radius 2 is 2.33 bits per heavy atom. The molecule has 88 valence electrons. The number of likely N-dealkylation sites (N-methyl/N-ethyl adjacent to an activating group) is 1. The number of carbonyl (C=O) groups is 1. The van der Waals surface area contributed by atoms with Crippen molar-refractivity contribution >= 4 is 5.91 Å². The van der Waals surface area contributed by atoms with E-state index in [1.807, 2.05) is 6.92 Å². The zero-order valence-electron chi connectivity index (χ0n) is 9.54. The fraction of sp³-hybridized carbons (Fsp3) is 0.909. The maximum absolute atomic E-state index is 11.4. The summed E-state index contributed by atoms with van der Waals surface area (Å²) in [6.45, 7) is 4.31. The van der Waals surface area contributed by atoms with Gasteiger partial charge in [-0.25, -0.2) is 0 Å². The Kier molecular flexibility index (Phi) is 5.65. The summed E-state index contributed by atoms with van der Waals surface area (Å²) in [7, 11) is 0. The number of carbonyl (C=O) groups excluding carboxylic acids is 1. The molecule has 1 fully saturated rings. The third-order valence-corrected chi connectivity index (χ3v) is 2.93. The number of rotatable bonds is 5. The van der Waals surface area contributed by atoms with Gasteiger partial charge in [-0.1, -0.05) is 6.42 Å². The van der Waals surface area contributed by atoms with Crippen molar-refractivity contribution in [2.24, 2.45) is 0 Å². The van der Waals surface area contributed by atoms with Gasteiger partial charge in [0.25, 0.3) is 0 Å². The van der Waals surface area contributed by atoms with E-state index in [1.165, 1.54) is 12.8 Å². The number of hydrogen-bond acceptors (Lipinski definition) is 3. The van der Waals surface area contributed by atoms with Gasteiger partial charge in [-0.15, -0.1) is 0 Å². The predicted octanol–water partition coefficient (Wildman–Crippen LogP) is 0.359. The standard InChI is InChI=1S/C11H22N2O2/c1-2-12-11(15)9-13-7-4-3-5-10(13)6-8-14/h10,14H,2-9H2,1H3,(H,12,15). The molecule has 1 rings (SSSR count). The van der Waals surface area contributed by atoms with Gasteiger partial charge in [0.15, 0.2) is 0 Å². The SMILES string of the molecule is CCNC(=O)CN1CCCCC1CCO. The average Bonchev–Trinajstić information content (AvgIpc) is 2.21. The molecule has 0 saturated carbocycles. The van der Waals surface area contributed by atoms with Crippen LogP contribution in [-0.4, -0.2) is 48.2 Å². The summed E-state index contributed by atoms with van der Waals surface area (Å²) in [6, 6.07) is 0.395. The Morgan fingerprint density at radius 1 is 1.53 bits per heavy atom. The first-order valence-electron chi connectivity index (χ1n) is 5.89. The van der Waals surface area contributed by atoms with Gasteiger partial charge < -0.3 is 10.4 Å². The highest BCUT2D eigenvalue weighted by atomic mass is 16.3. The summed E-state index contributed by atoms with van der Waals surface area (Å²) in [4.78, 5) is 13.6. The number of hydrogen-bond donors (Lipinski definition) is 2. The van der Waals surface area contributed by atoms with Gasteiger partial charge in [-0.05, 0) is 32.7 Å². The van der Waals surface area contributed by atoms with E-state index in [2.05, 4.69) is 10.2 Å². The molecule has 1 aliphatic heterocycles. The quantitative estimate of drug-likeness (QED) is 0.695. The fourth-order valence-corrected chi connectivity index (χ4v) is 2.18. The molecule has 1 atom stereocenters. The number of likely N-dealkylation sites (tertiary alicyclic amines) is 1. The van der Waals surface area contributed by atoms with Gasteiger partial charge in [0.05, 0.1) is 6.54 Å². The van der Waals surface area contributed by atoms with Gasteiger partial charge >= 0.3 is 0 Å². The number of aliphatic hydroxyl groups excluding tert-OH is 1. The lowest BCUT2D eigenvalue weighted by Crippen LogP contribution is -2.45. The van der Waals surface area contributed by atoms with Crippen LogP contribution in [0.1, 0.15) is 32.6 Å². The molecule has 1 amide bonds. The first kappa shape index (κ1) is 12.5. The van der Waals surface area contributed by atoms with Crippen molar-refractivity contribution in [2.45, 2.75) is 38.6 Å². The Bertz CT molecular complexity index is 195. The lowest BCUT2D eigenvalue weighted by Gasteiger charge is -2.34. The Labute approximate surface area is 91.6 Å². The molecule has 1 heterocycles. The minimum atomic E-state index is 0.0994. The molecule has 0 bridgehead atoms. The average molecular weight is 214 g/mol. The van der Waals surface area contributed by atoms with Crippen molar-refractivity contribution in [3.05, 3.63) is 0 Å². The van der Waals surface area contributed by atoms with E-state index in [-0.39, 0.29) is 12.5 Å². The molecule has 0 aliphatic carbocycles. The van der Waals surface area contributed by atoms with Gasteiger partial charge in [0.1, 0.15) is 0 Å². The largest absolute Gasteiger partial charge is 0.396 e. The van der Waals surface area contributed by atoms with Gasteiger partial charge in [-0.3, -0.25) is 9.69 Å². The highest BCUT2D eigenvalue weighted by Gasteiger charge is 2.23. The topological polar surface area (TPSA) is 52.6 Å². The third-order valence-electron chi connectivity index (χ3n) is 2.93. The Balaban J connectivity index is 2.38. The van der Waals surface area contributed by atoms with Crippen molar-refractivity contribution in [3.63, 3.8) is 0 Å². The maximum atomic E-state index is 11.4. The molecular formula is C11H22N2O2. The molecular weight excluding hydrogens is 192 g/mol. The smallest absolute Gasteiger partial charge is 0.234 e. The van der Waals surface area contributed by atoms with Gasteiger partial charge in [-0.2, -0.15) is 0 Å². The Morgan fingerprint density at radius 3 is 3.00 bits per heavy atom. The minimum absolute atomic E-state index is 0.0994. The zero-order valence-corrected chi connectivity index (χ0v) is 9.54. The Hall–Kier alpha value is -0.610. The first-order valence-corrected chi connectivity index (χ1v) is 5.89. The van der Waals surface area contributed by atoms with Crippen LogP contribution in [0.25, 0.3) is 0 Å². The predicted molar refractivity (Wildman–Crippen MR) is 59.6 cm³/mol. The number of nitrogens with zero attached hydrogens (tertiary/aromatic N) is 1. The van der Waals surface area contributed by atoms with Crippen molar-refractivity contribution in [1.82, 2.24) is 10.2 Å². The van der Waals surface area contributed by atoms with Crippen molar-refractivity contribution in [2.75, 3.05) is 26.2 Å². The van der Waals surface area contributed by atoms with E-state index < -0.39 is 0 Å². The van der Waals surface area contributed by atoms with Crippen LogP contribution in [0.3, 0.4) is 0 Å². The van der Waals surface area contributed by atoms with Crippen LogP contribution in [-0.2, 0) is 4.79 Å². The maximum Gasteiger partial charge on any atom is 0.234 e. The molecule has 4 nitrogen and oxygen atoms in total. The van der Waals surface area contributed by atoms with Crippen molar-refractivity contribution in [3.8, 4) is 0 Å². The van der Waals surface area contributed by atoms with Crippen LogP contribution in [0.5, 0.6) is 0 Å². The summed E-state index contributed by atoms with van der Waals surface area (Å²) in [5.74, 6) is 0.0994. The molecule has 0 aromatic heterocycles. The van der Waals surface area contributed by atoms with Crippen LogP contribution >= 0.6 is 0 Å². The lowest BCUT2D eigenvalue weighted by molar-refractivity contribution is -0.123. The van der Waals surface area contributed by atoms with Crippen LogP contribution in [0.2, 0.25) is 0 Å². The van der Waals surface area contributed by atoms with Crippen LogP contribution in [0, 0.1) is 0 Å². The van der Waals surface area contributed by atoms with E-state index >= 15 is 0 Å². The second kappa shape index (κ2) is 6.80. The van der Waals surface area contributed by atoms with Gasteiger partial charge in [0, 0.05) is 19.2 Å². The van der Waals surface area contributed by atoms with Crippen molar-refractivity contribution in [1.29, 1.82) is 0 Å². The minimum Gasteiger partial charge on any atom is -0.396 e. The summed E-state index contributed by atoms with van der Waals surface area (Å²) >= 11 is 0. The van der Waals surface area contributed by atoms with E-state index in [0.29, 0.717) is 19.1 Å². The van der Waals surface area contributed by atoms with E-state index in [4.69, 9.17) is 5.11 Å². The molecule has 4 heteroatoms. The number of piperidine rings is 1. The second-order valence-electron chi connectivity index (χ2n) is 4.09. The molecule has 1 aliphatic rings. The molecule has 0 aromatic carbocycles. The highest BCUT2D eigenvalue weighted by molar-refractivity contribution is 5.77. The molecule has 0 radical (unpaired) electrons.